The summed E-state index contributed by atoms with van der Waals surface area (Å²) in [5.74, 6) is -3.45. The number of esters is 1. The van der Waals surface area contributed by atoms with Gasteiger partial charge in [0.25, 0.3) is 0 Å². The minimum atomic E-state index is -5.95. The van der Waals surface area contributed by atoms with Crippen molar-refractivity contribution < 1.29 is 41.1 Å². The van der Waals surface area contributed by atoms with Crippen molar-refractivity contribution in [3.05, 3.63) is 15.7 Å². The summed E-state index contributed by atoms with van der Waals surface area (Å²) in [4.78, 5) is 11.1. The van der Waals surface area contributed by atoms with Crippen LogP contribution in [-0.2, 0) is 14.9 Å². The summed E-state index contributed by atoms with van der Waals surface area (Å²) in [5.41, 5.74) is 0. The first-order valence-corrected chi connectivity index (χ1v) is 7.16. The lowest BCUT2D eigenvalue weighted by atomic mass is 10.3. The Hall–Kier alpha value is -1.21. The number of alkyl halides is 2. The molecule has 1 rings (SSSR count). The fourth-order valence-electron chi connectivity index (χ4n) is 1.04. The van der Waals surface area contributed by atoms with E-state index >= 15 is 0 Å². The van der Waals surface area contributed by atoms with E-state index in [-0.39, 0.29) is 15.1 Å². The Labute approximate surface area is 125 Å². The first-order chi connectivity index (χ1) is 9.00. The molecule has 0 amide bonds. The second-order valence-corrected chi connectivity index (χ2v) is 5.96. The molecular formula is C9H7F2IO7S. The number of carbonyl (C=O) groups excluding carboxylic acids is 1. The molecular weight excluding hydrogens is 417 g/mol. The minimum Gasteiger partial charge on any atom is -0.504 e. The van der Waals surface area contributed by atoms with Gasteiger partial charge in [-0.1, -0.05) is 0 Å². The predicted octanol–water partition coefficient (Wildman–Crippen LogP) is 1.39. The van der Waals surface area contributed by atoms with Gasteiger partial charge in [0.2, 0.25) is 0 Å². The zero-order valence-corrected chi connectivity index (χ0v) is 12.6. The Morgan fingerprint density at radius 3 is 2.40 bits per heavy atom. The van der Waals surface area contributed by atoms with Crippen LogP contribution in [-0.4, -0.2) is 36.4 Å². The van der Waals surface area contributed by atoms with Crippen LogP contribution in [0.4, 0.5) is 8.78 Å². The van der Waals surface area contributed by atoms with Gasteiger partial charge in [0, 0.05) is 6.07 Å². The third-order valence-electron chi connectivity index (χ3n) is 1.99. The fraction of sp³-hybridized carbons (Fsp3) is 0.222. The molecule has 0 radical (unpaired) electrons. The van der Waals surface area contributed by atoms with Crippen molar-refractivity contribution in [2.24, 2.45) is 0 Å². The summed E-state index contributed by atoms with van der Waals surface area (Å²) in [7, 11) is -4.78. The zero-order valence-electron chi connectivity index (χ0n) is 9.63. The molecule has 0 aliphatic heterocycles. The van der Waals surface area contributed by atoms with Gasteiger partial charge in [0.15, 0.2) is 11.5 Å². The molecule has 1 aromatic carbocycles. The maximum atomic E-state index is 13.0. The molecule has 0 atom stereocenters. The molecule has 0 heterocycles. The molecule has 0 aromatic heterocycles. The van der Waals surface area contributed by atoms with Gasteiger partial charge < -0.3 is 14.6 Å². The van der Waals surface area contributed by atoms with Gasteiger partial charge in [0.05, 0.1) is 10.7 Å². The van der Waals surface area contributed by atoms with Crippen LogP contribution in [0.15, 0.2) is 12.1 Å². The highest BCUT2D eigenvalue weighted by Crippen LogP contribution is 2.36. The van der Waals surface area contributed by atoms with Gasteiger partial charge in [0.1, 0.15) is 5.75 Å². The molecule has 0 aliphatic carbocycles. The summed E-state index contributed by atoms with van der Waals surface area (Å²) >= 11 is 1.61. The first-order valence-electron chi connectivity index (χ1n) is 4.64. The number of benzene rings is 1. The van der Waals surface area contributed by atoms with Crippen LogP contribution >= 0.6 is 22.6 Å². The zero-order chi connectivity index (χ0) is 15.7. The summed E-state index contributed by atoms with van der Waals surface area (Å²) in [5, 5.41) is 4.38. The van der Waals surface area contributed by atoms with Crippen molar-refractivity contribution in [3.8, 4) is 17.2 Å². The van der Waals surface area contributed by atoms with E-state index in [1.54, 1.807) is 22.6 Å². The molecule has 2 N–H and O–H groups in total. The monoisotopic (exact) mass is 424 g/mol. The lowest BCUT2D eigenvalue weighted by Crippen LogP contribution is -2.40. The number of aromatic hydroxyl groups is 1. The fourth-order valence-corrected chi connectivity index (χ4v) is 1.86. The second kappa shape index (κ2) is 5.65. The molecule has 7 nitrogen and oxygen atoms in total. The van der Waals surface area contributed by atoms with E-state index in [4.69, 9.17) is 9.29 Å². The smallest absolute Gasteiger partial charge is 0.466 e. The van der Waals surface area contributed by atoms with Crippen molar-refractivity contribution in [3.63, 3.8) is 0 Å². The Balaban J connectivity index is 3.12. The Kier molecular flexibility index (Phi) is 4.76. The quantitative estimate of drug-likeness (QED) is 0.326. The Morgan fingerprint density at radius 2 is 1.95 bits per heavy atom. The summed E-state index contributed by atoms with van der Waals surface area (Å²) in [6.07, 6.45) is 0. The van der Waals surface area contributed by atoms with Crippen LogP contribution in [0.2, 0.25) is 0 Å². The molecule has 0 fully saturated rings. The third-order valence-corrected chi connectivity index (χ3v) is 3.63. The predicted molar refractivity (Wildman–Crippen MR) is 69.5 cm³/mol. The molecule has 0 unspecified atom stereocenters. The number of hydrogen-bond acceptors (Lipinski definition) is 6. The first kappa shape index (κ1) is 16.8. The van der Waals surface area contributed by atoms with Crippen LogP contribution in [0.3, 0.4) is 0 Å². The Morgan fingerprint density at radius 1 is 1.40 bits per heavy atom. The number of phenolic OH excluding ortho intramolecular Hbond substituents is 1. The van der Waals surface area contributed by atoms with E-state index in [0.29, 0.717) is 0 Å². The highest BCUT2D eigenvalue weighted by Gasteiger charge is 2.54. The highest BCUT2D eigenvalue weighted by atomic mass is 127. The van der Waals surface area contributed by atoms with Crippen LogP contribution in [0.25, 0.3) is 0 Å². The number of rotatable bonds is 4. The normalized spacial score (nSPS) is 12.1. The topological polar surface area (TPSA) is 110 Å². The number of carbonyl (C=O) groups is 1. The van der Waals surface area contributed by atoms with Crippen molar-refractivity contribution in [1.29, 1.82) is 0 Å². The average Bonchev–Trinajstić information content (AvgIpc) is 2.31. The molecule has 1 aromatic rings. The van der Waals surface area contributed by atoms with E-state index in [2.05, 4.69) is 4.74 Å². The largest absolute Gasteiger partial charge is 0.504 e. The van der Waals surface area contributed by atoms with E-state index < -0.39 is 27.1 Å². The number of methoxy groups -OCH3 is 1. The van der Waals surface area contributed by atoms with Crippen molar-refractivity contribution in [2.45, 2.75) is 5.25 Å². The van der Waals surface area contributed by atoms with E-state index in [1.165, 1.54) is 7.11 Å². The van der Waals surface area contributed by atoms with Crippen LogP contribution < -0.4 is 9.47 Å². The maximum absolute atomic E-state index is 13.0. The van der Waals surface area contributed by atoms with Crippen LogP contribution in [0.1, 0.15) is 0 Å². The standard InChI is InChI=1S/C9H7F2IO7S/c1-18-6-3-4(2-5(12)7(6)13)19-8(14)9(10,11)20(15,16)17/h2-3,13H,1H3,(H,15,16,17). The van der Waals surface area contributed by atoms with Crippen molar-refractivity contribution in [1.82, 2.24) is 0 Å². The average molecular weight is 424 g/mol. The lowest BCUT2D eigenvalue weighted by molar-refractivity contribution is -0.151. The number of hydrogen-bond donors (Lipinski definition) is 2. The number of phenols is 1. The van der Waals surface area contributed by atoms with E-state index in [1.807, 2.05) is 0 Å². The SMILES string of the molecule is COc1cc(OC(=O)C(F)(F)S(=O)(=O)O)cc(I)c1O. The summed E-state index contributed by atoms with van der Waals surface area (Å²) in [6, 6.07) is 1.89. The van der Waals surface area contributed by atoms with Gasteiger partial charge >= 0.3 is 21.3 Å². The molecule has 0 spiro atoms. The summed E-state index contributed by atoms with van der Waals surface area (Å²) < 4.78 is 63.9. The van der Waals surface area contributed by atoms with Gasteiger partial charge in [-0.15, -0.1) is 0 Å². The van der Waals surface area contributed by atoms with Crippen molar-refractivity contribution in [2.75, 3.05) is 7.11 Å². The highest BCUT2D eigenvalue weighted by molar-refractivity contribution is 14.1. The molecule has 0 bridgehead atoms. The molecule has 112 valence electrons. The molecule has 0 aliphatic rings. The van der Waals surface area contributed by atoms with Crippen LogP contribution in [0.5, 0.6) is 17.2 Å². The number of halogens is 3. The number of ether oxygens (including phenoxy) is 2. The van der Waals surface area contributed by atoms with Gasteiger partial charge in [-0.3, -0.25) is 4.55 Å². The summed E-state index contributed by atoms with van der Waals surface area (Å²) in [6.45, 7) is 0. The molecule has 0 saturated heterocycles. The second-order valence-electron chi connectivity index (χ2n) is 3.34. The maximum Gasteiger partial charge on any atom is 0.466 e. The Bertz CT molecular complexity index is 644. The van der Waals surface area contributed by atoms with Gasteiger partial charge in [-0.2, -0.15) is 17.2 Å². The van der Waals surface area contributed by atoms with Crippen LogP contribution in [0, 0.1) is 3.57 Å². The molecule has 11 heteroatoms. The lowest BCUT2D eigenvalue weighted by Gasteiger charge is -2.13. The molecule has 0 saturated carbocycles. The van der Waals surface area contributed by atoms with E-state index in [9.17, 15) is 27.1 Å². The third kappa shape index (κ3) is 3.27. The molecule has 20 heavy (non-hydrogen) atoms. The van der Waals surface area contributed by atoms with Gasteiger partial charge in [-0.05, 0) is 28.7 Å². The van der Waals surface area contributed by atoms with Gasteiger partial charge in [-0.25, -0.2) is 4.79 Å². The van der Waals surface area contributed by atoms with Crippen molar-refractivity contribution >= 4 is 38.7 Å². The minimum absolute atomic E-state index is 0.111. The van der Waals surface area contributed by atoms with E-state index in [0.717, 1.165) is 12.1 Å².